The third-order valence-corrected chi connectivity index (χ3v) is 4.60. The Bertz CT molecular complexity index is 584. The second kappa shape index (κ2) is 10.9. The molecule has 1 aliphatic carbocycles. The second-order valence-corrected chi connectivity index (χ2v) is 6.76. The first-order valence-corrected chi connectivity index (χ1v) is 9.16. The Morgan fingerprint density at radius 2 is 2.27 bits per heavy atom. The van der Waals surface area contributed by atoms with Gasteiger partial charge in [0.25, 0.3) is 0 Å². The van der Waals surface area contributed by atoms with E-state index in [0.29, 0.717) is 5.82 Å². The van der Waals surface area contributed by atoms with Crippen LogP contribution in [-0.4, -0.2) is 56.9 Å². The first kappa shape index (κ1) is 21.1. The van der Waals surface area contributed by atoms with Crippen molar-refractivity contribution >= 4 is 35.8 Å². The minimum atomic E-state index is -0.267. The van der Waals surface area contributed by atoms with E-state index in [-0.39, 0.29) is 35.8 Å². The molecule has 0 radical (unpaired) electrons. The van der Waals surface area contributed by atoms with Crippen LogP contribution in [0.15, 0.2) is 23.3 Å². The van der Waals surface area contributed by atoms with Crippen LogP contribution in [-0.2, 0) is 4.74 Å². The molecule has 0 spiro atoms. The van der Waals surface area contributed by atoms with Gasteiger partial charge in [0.05, 0.1) is 0 Å². The third kappa shape index (κ3) is 6.53. The van der Waals surface area contributed by atoms with Gasteiger partial charge < -0.3 is 20.3 Å². The Labute approximate surface area is 172 Å². The van der Waals surface area contributed by atoms with Crippen LogP contribution < -0.4 is 15.5 Å². The van der Waals surface area contributed by atoms with Gasteiger partial charge in [-0.05, 0) is 43.7 Å². The second-order valence-electron chi connectivity index (χ2n) is 6.76. The molecule has 1 saturated carbocycles. The van der Waals surface area contributed by atoms with E-state index in [1.807, 2.05) is 4.90 Å². The first-order valence-electron chi connectivity index (χ1n) is 9.16. The summed E-state index contributed by atoms with van der Waals surface area (Å²) >= 11 is 0. The highest BCUT2D eigenvalue weighted by Gasteiger charge is 2.26. The normalized spacial score (nSPS) is 20.0. The van der Waals surface area contributed by atoms with E-state index in [4.69, 9.17) is 4.74 Å². The molecule has 26 heavy (non-hydrogen) atoms. The Kier molecular flexibility index (Phi) is 8.83. The van der Waals surface area contributed by atoms with Gasteiger partial charge in [0.2, 0.25) is 0 Å². The molecule has 2 aliphatic rings. The van der Waals surface area contributed by atoms with Gasteiger partial charge in [0.15, 0.2) is 17.6 Å². The van der Waals surface area contributed by atoms with E-state index in [1.165, 1.54) is 18.9 Å². The Morgan fingerprint density at radius 1 is 1.42 bits per heavy atom. The van der Waals surface area contributed by atoms with Crippen molar-refractivity contribution in [3.63, 3.8) is 0 Å². The van der Waals surface area contributed by atoms with Crippen LogP contribution in [0.1, 0.15) is 25.7 Å². The molecule has 8 heteroatoms. The SMILES string of the molecule is CN=C(NCCCOCC1CC1)NC1CCN(c2ncccc2F)C1.I. The van der Waals surface area contributed by atoms with Crippen LogP contribution in [0.5, 0.6) is 0 Å². The van der Waals surface area contributed by atoms with Crippen molar-refractivity contribution < 1.29 is 9.13 Å². The van der Waals surface area contributed by atoms with Crippen LogP contribution in [0.4, 0.5) is 10.2 Å². The number of aromatic nitrogens is 1. The number of rotatable bonds is 8. The lowest BCUT2D eigenvalue weighted by molar-refractivity contribution is 0.123. The lowest BCUT2D eigenvalue weighted by Crippen LogP contribution is -2.45. The maximum Gasteiger partial charge on any atom is 0.191 e. The van der Waals surface area contributed by atoms with Gasteiger partial charge in [-0.2, -0.15) is 0 Å². The lowest BCUT2D eigenvalue weighted by Gasteiger charge is -2.20. The molecule has 1 aliphatic heterocycles. The van der Waals surface area contributed by atoms with Crippen LogP contribution in [0.25, 0.3) is 0 Å². The quantitative estimate of drug-likeness (QED) is 0.261. The summed E-state index contributed by atoms with van der Waals surface area (Å²) < 4.78 is 19.5. The molecule has 1 unspecified atom stereocenters. The molecule has 2 fully saturated rings. The number of nitrogens with one attached hydrogen (secondary N) is 2. The third-order valence-electron chi connectivity index (χ3n) is 4.60. The van der Waals surface area contributed by atoms with E-state index in [9.17, 15) is 4.39 Å². The van der Waals surface area contributed by atoms with E-state index < -0.39 is 0 Å². The summed E-state index contributed by atoms with van der Waals surface area (Å²) in [5.74, 6) is 1.77. The maximum atomic E-state index is 13.8. The largest absolute Gasteiger partial charge is 0.381 e. The fourth-order valence-electron chi connectivity index (χ4n) is 2.98. The molecule has 2 N–H and O–H groups in total. The smallest absolute Gasteiger partial charge is 0.191 e. The molecule has 3 rings (SSSR count). The number of hydrogen-bond acceptors (Lipinski definition) is 4. The highest BCUT2D eigenvalue weighted by molar-refractivity contribution is 14.0. The molecular weight excluding hydrogens is 448 g/mol. The Hall–Kier alpha value is -1.16. The van der Waals surface area contributed by atoms with Crippen LogP contribution in [0.2, 0.25) is 0 Å². The van der Waals surface area contributed by atoms with Crippen molar-refractivity contribution in [2.45, 2.75) is 31.7 Å². The molecule has 1 aromatic rings. The van der Waals surface area contributed by atoms with Gasteiger partial charge >= 0.3 is 0 Å². The molecule has 0 bridgehead atoms. The summed E-state index contributed by atoms with van der Waals surface area (Å²) in [6, 6.07) is 3.30. The van der Waals surface area contributed by atoms with Crippen molar-refractivity contribution in [3.8, 4) is 0 Å². The zero-order valence-corrected chi connectivity index (χ0v) is 17.6. The fraction of sp³-hybridized carbons (Fsp3) is 0.667. The van der Waals surface area contributed by atoms with E-state index in [0.717, 1.165) is 57.6 Å². The zero-order chi connectivity index (χ0) is 17.5. The van der Waals surface area contributed by atoms with Crippen molar-refractivity contribution in [2.24, 2.45) is 10.9 Å². The summed E-state index contributed by atoms with van der Waals surface area (Å²) in [6.07, 6.45) is 6.18. The van der Waals surface area contributed by atoms with Crippen molar-refractivity contribution in [2.75, 3.05) is 44.8 Å². The van der Waals surface area contributed by atoms with Gasteiger partial charge in [0, 0.05) is 52.1 Å². The number of guanidine groups is 1. The van der Waals surface area contributed by atoms with Gasteiger partial charge in [0.1, 0.15) is 0 Å². The molecule has 2 heterocycles. The highest BCUT2D eigenvalue weighted by atomic mass is 127. The van der Waals surface area contributed by atoms with Crippen molar-refractivity contribution in [1.29, 1.82) is 0 Å². The fourth-order valence-corrected chi connectivity index (χ4v) is 2.98. The number of ether oxygens (including phenoxy) is 1. The molecule has 6 nitrogen and oxygen atoms in total. The van der Waals surface area contributed by atoms with Crippen LogP contribution in [0, 0.1) is 11.7 Å². The van der Waals surface area contributed by atoms with Gasteiger partial charge in [-0.15, -0.1) is 24.0 Å². The van der Waals surface area contributed by atoms with Crippen molar-refractivity contribution in [3.05, 3.63) is 24.1 Å². The molecular formula is C18H29FIN5O. The van der Waals surface area contributed by atoms with Gasteiger partial charge in [-0.25, -0.2) is 9.37 Å². The molecule has 1 saturated heterocycles. The maximum absolute atomic E-state index is 13.8. The Balaban J connectivity index is 0.00000243. The van der Waals surface area contributed by atoms with Crippen LogP contribution in [0.3, 0.4) is 0 Å². The first-order chi connectivity index (χ1) is 12.3. The molecule has 146 valence electrons. The molecule has 0 amide bonds. The zero-order valence-electron chi connectivity index (χ0n) is 15.3. The van der Waals surface area contributed by atoms with Gasteiger partial charge in [-0.1, -0.05) is 0 Å². The van der Waals surface area contributed by atoms with Crippen LogP contribution >= 0.6 is 24.0 Å². The standard InChI is InChI=1S/C18H28FN5O.HI/c1-20-18(22-9-3-11-25-13-14-5-6-14)23-15-7-10-24(12-15)17-16(19)4-2-8-21-17;/h2,4,8,14-15H,3,5-7,9-13H2,1H3,(H2,20,22,23);1H. The average molecular weight is 477 g/mol. The average Bonchev–Trinajstić information content (AvgIpc) is 3.34. The summed E-state index contributed by atoms with van der Waals surface area (Å²) in [4.78, 5) is 10.4. The number of halogens is 2. The van der Waals surface area contributed by atoms with Crippen molar-refractivity contribution in [1.82, 2.24) is 15.6 Å². The van der Waals surface area contributed by atoms with E-state index >= 15 is 0 Å². The number of anilines is 1. The highest BCUT2D eigenvalue weighted by Crippen LogP contribution is 2.28. The minimum absolute atomic E-state index is 0. The van der Waals surface area contributed by atoms with E-state index in [1.54, 1.807) is 19.3 Å². The summed E-state index contributed by atoms with van der Waals surface area (Å²) in [6.45, 7) is 4.04. The number of pyridine rings is 1. The molecule has 1 aromatic heterocycles. The summed E-state index contributed by atoms with van der Waals surface area (Å²) in [5.41, 5.74) is 0. The lowest BCUT2D eigenvalue weighted by atomic mass is 10.3. The number of aliphatic imine (C=N–C) groups is 1. The monoisotopic (exact) mass is 477 g/mol. The minimum Gasteiger partial charge on any atom is -0.381 e. The van der Waals surface area contributed by atoms with E-state index in [2.05, 4.69) is 20.6 Å². The predicted octanol–water partition coefficient (Wildman–Crippen LogP) is 2.40. The molecule has 1 atom stereocenters. The Morgan fingerprint density at radius 3 is 3.00 bits per heavy atom. The number of hydrogen-bond donors (Lipinski definition) is 2. The topological polar surface area (TPSA) is 61.8 Å². The summed E-state index contributed by atoms with van der Waals surface area (Å²) in [7, 11) is 1.77. The predicted molar refractivity (Wildman–Crippen MR) is 113 cm³/mol. The molecule has 0 aromatic carbocycles. The van der Waals surface area contributed by atoms with Gasteiger partial charge in [-0.3, -0.25) is 4.99 Å². The summed E-state index contributed by atoms with van der Waals surface area (Å²) in [5, 5.41) is 6.73. The number of nitrogens with zero attached hydrogens (tertiary/aromatic N) is 3.